The highest BCUT2D eigenvalue weighted by atomic mass is 19.4. The Morgan fingerprint density at radius 1 is 1.41 bits per heavy atom. The van der Waals surface area contributed by atoms with Crippen LogP contribution in [0.15, 0.2) is 23.2 Å². The van der Waals surface area contributed by atoms with Crippen molar-refractivity contribution >= 4 is 22.8 Å². The van der Waals surface area contributed by atoms with Gasteiger partial charge >= 0.3 is 6.18 Å². The summed E-state index contributed by atoms with van der Waals surface area (Å²) < 4.78 is 44.1. The maximum Gasteiger partial charge on any atom is 0.417 e. The normalized spacial score (nSPS) is 12.5. The summed E-state index contributed by atoms with van der Waals surface area (Å²) in [6.45, 7) is 0. The molecule has 0 unspecified atom stereocenters. The van der Waals surface area contributed by atoms with E-state index in [1.165, 1.54) is 20.2 Å². The van der Waals surface area contributed by atoms with Gasteiger partial charge in [0.05, 0.1) is 18.2 Å². The van der Waals surface area contributed by atoms with E-state index in [1.807, 2.05) is 0 Å². The standard InChI is InChI=1S/C13H13F3N4O2/c1-18-12(17)20-11(21)8-5-6-7(13(14,15)16)3-4-9(22-2)10(6)19-8/h3-5,19H,1-2H3,(H3,17,18,20,21). The van der Waals surface area contributed by atoms with E-state index in [0.717, 1.165) is 12.1 Å². The molecular weight excluding hydrogens is 301 g/mol. The number of nitrogens with two attached hydrogens (primary N) is 1. The first-order valence-corrected chi connectivity index (χ1v) is 6.08. The Balaban J connectivity index is 2.59. The smallest absolute Gasteiger partial charge is 0.417 e. The van der Waals surface area contributed by atoms with Crippen LogP contribution in [0.2, 0.25) is 0 Å². The van der Waals surface area contributed by atoms with E-state index >= 15 is 0 Å². The van der Waals surface area contributed by atoms with Gasteiger partial charge in [-0.25, -0.2) is 0 Å². The highest BCUT2D eigenvalue weighted by Gasteiger charge is 2.34. The first kappa shape index (κ1) is 15.7. The van der Waals surface area contributed by atoms with Gasteiger partial charge < -0.3 is 15.5 Å². The number of aliphatic imine (C=N–C) groups is 1. The molecule has 9 heteroatoms. The molecule has 1 heterocycles. The number of amides is 1. The zero-order valence-corrected chi connectivity index (χ0v) is 11.7. The maximum absolute atomic E-state index is 13.0. The average molecular weight is 314 g/mol. The molecule has 0 saturated carbocycles. The monoisotopic (exact) mass is 314 g/mol. The second kappa shape index (κ2) is 5.58. The third kappa shape index (κ3) is 2.83. The molecule has 118 valence electrons. The maximum atomic E-state index is 13.0. The summed E-state index contributed by atoms with van der Waals surface area (Å²) in [6.07, 6.45) is -4.55. The molecule has 0 aliphatic carbocycles. The van der Waals surface area contributed by atoms with E-state index in [4.69, 9.17) is 10.5 Å². The number of halogens is 3. The minimum absolute atomic E-state index is 0.0782. The number of aromatic amines is 1. The number of guanidine groups is 1. The van der Waals surface area contributed by atoms with Crippen molar-refractivity contribution in [3.05, 3.63) is 29.5 Å². The molecule has 2 aromatic rings. The first-order chi connectivity index (χ1) is 10.3. The number of hydrogen-bond donors (Lipinski definition) is 3. The molecule has 0 fully saturated rings. The van der Waals surface area contributed by atoms with E-state index in [-0.39, 0.29) is 28.3 Å². The van der Waals surface area contributed by atoms with Crippen LogP contribution in [-0.2, 0) is 6.18 Å². The van der Waals surface area contributed by atoms with Crippen LogP contribution in [0.5, 0.6) is 5.75 Å². The van der Waals surface area contributed by atoms with Crippen molar-refractivity contribution in [2.75, 3.05) is 14.2 Å². The molecule has 0 aliphatic rings. The van der Waals surface area contributed by atoms with Crippen LogP contribution in [0.1, 0.15) is 16.1 Å². The predicted molar refractivity (Wildman–Crippen MR) is 74.9 cm³/mol. The molecule has 0 radical (unpaired) electrons. The second-order valence-electron chi connectivity index (χ2n) is 4.35. The van der Waals surface area contributed by atoms with Crippen molar-refractivity contribution in [3.63, 3.8) is 0 Å². The highest BCUT2D eigenvalue weighted by Crippen LogP contribution is 2.38. The Morgan fingerprint density at radius 3 is 2.64 bits per heavy atom. The van der Waals surface area contributed by atoms with Crippen molar-refractivity contribution in [1.29, 1.82) is 0 Å². The molecule has 6 nitrogen and oxygen atoms in total. The summed E-state index contributed by atoms with van der Waals surface area (Å²) in [5.74, 6) is -0.652. The van der Waals surface area contributed by atoms with Crippen molar-refractivity contribution in [2.24, 2.45) is 10.7 Å². The van der Waals surface area contributed by atoms with E-state index in [0.29, 0.717) is 0 Å². The Kier molecular flexibility index (Phi) is 3.98. The van der Waals surface area contributed by atoms with Crippen LogP contribution < -0.4 is 15.8 Å². The van der Waals surface area contributed by atoms with Crippen molar-refractivity contribution < 1.29 is 22.7 Å². The molecular formula is C13H13F3N4O2. The first-order valence-electron chi connectivity index (χ1n) is 6.08. The van der Waals surface area contributed by atoms with Crippen molar-refractivity contribution in [3.8, 4) is 5.75 Å². The van der Waals surface area contributed by atoms with Gasteiger partial charge in [-0.2, -0.15) is 13.2 Å². The summed E-state index contributed by atoms with van der Waals surface area (Å²) in [6, 6.07) is 3.18. The van der Waals surface area contributed by atoms with Gasteiger partial charge in [0.2, 0.25) is 0 Å². The molecule has 0 bridgehead atoms. The number of ether oxygens (including phenoxy) is 1. The SMILES string of the molecule is CN=C(N)NC(=O)c1cc2c(C(F)(F)F)ccc(OC)c2[nH]1. The molecule has 1 aromatic heterocycles. The Morgan fingerprint density at radius 2 is 2.09 bits per heavy atom. The van der Waals surface area contributed by atoms with Gasteiger partial charge in [-0.1, -0.05) is 0 Å². The predicted octanol–water partition coefficient (Wildman–Crippen LogP) is 1.87. The molecule has 2 rings (SSSR count). The number of carbonyl (C=O) groups is 1. The summed E-state index contributed by atoms with van der Waals surface area (Å²) >= 11 is 0. The lowest BCUT2D eigenvalue weighted by Crippen LogP contribution is -2.36. The molecule has 0 atom stereocenters. The lowest BCUT2D eigenvalue weighted by Gasteiger charge is -2.09. The van der Waals surface area contributed by atoms with Crippen molar-refractivity contribution in [1.82, 2.24) is 10.3 Å². The number of methoxy groups -OCH3 is 1. The third-order valence-electron chi connectivity index (χ3n) is 3.01. The fraction of sp³-hybridized carbons (Fsp3) is 0.231. The molecule has 4 N–H and O–H groups in total. The number of nitrogens with zero attached hydrogens (tertiary/aromatic N) is 1. The molecule has 0 aliphatic heterocycles. The molecule has 1 aromatic carbocycles. The van der Waals surface area contributed by atoms with Crippen LogP contribution in [0, 0.1) is 0 Å². The number of alkyl halides is 3. The van der Waals surface area contributed by atoms with Crippen LogP contribution in [0.25, 0.3) is 10.9 Å². The fourth-order valence-electron chi connectivity index (χ4n) is 1.97. The topological polar surface area (TPSA) is 92.5 Å². The highest BCUT2D eigenvalue weighted by molar-refractivity contribution is 6.07. The van der Waals surface area contributed by atoms with Crippen LogP contribution in [0.4, 0.5) is 13.2 Å². The van der Waals surface area contributed by atoms with Crippen LogP contribution in [0.3, 0.4) is 0 Å². The van der Waals surface area contributed by atoms with Crippen LogP contribution in [-0.4, -0.2) is 31.0 Å². The Hall–Kier alpha value is -2.71. The van der Waals surface area contributed by atoms with Gasteiger partial charge in [0.25, 0.3) is 5.91 Å². The number of rotatable bonds is 2. The largest absolute Gasteiger partial charge is 0.495 e. The summed E-state index contributed by atoms with van der Waals surface area (Å²) in [5, 5.41) is 2.08. The number of hydrogen-bond acceptors (Lipinski definition) is 3. The van der Waals surface area contributed by atoms with Gasteiger partial charge in [-0.05, 0) is 18.2 Å². The Bertz CT molecular complexity index is 750. The lowest BCUT2D eigenvalue weighted by atomic mass is 10.1. The zero-order valence-electron chi connectivity index (χ0n) is 11.7. The number of H-pyrrole nitrogens is 1. The van der Waals surface area contributed by atoms with E-state index in [2.05, 4.69) is 15.3 Å². The van der Waals surface area contributed by atoms with Crippen LogP contribution >= 0.6 is 0 Å². The molecule has 1 amide bonds. The molecule has 0 saturated heterocycles. The fourth-order valence-corrected chi connectivity index (χ4v) is 1.97. The second-order valence-corrected chi connectivity index (χ2v) is 4.35. The number of fused-ring (bicyclic) bond motifs is 1. The Labute approximate surface area is 123 Å². The lowest BCUT2D eigenvalue weighted by molar-refractivity contribution is -0.136. The zero-order chi connectivity index (χ0) is 16.5. The summed E-state index contributed by atoms with van der Waals surface area (Å²) in [4.78, 5) is 18.1. The number of benzene rings is 1. The quantitative estimate of drug-likeness (QED) is 0.583. The molecule has 22 heavy (non-hydrogen) atoms. The van der Waals surface area contributed by atoms with E-state index in [9.17, 15) is 18.0 Å². The summed E-state index contributed by atoms with van der Waals surface area (Å²) in [7, 11) is 2.69. The number of aromatic nitrogens is 1. The van der Waals surface area contributed by atoms with Gasteiger partial charge in [0, 0.05) is 12.4 Å². The third-order valence-corrected chi connectivity index (χ3v) is 3.01. The minimum Gasteiger partial charge on any atom is -0.495 e. The van der Waals surface area contributed by atoms with Gasteiger partial charge in [-0.15, -0.1) is 0 Å². The van der Waals surface area contributed by atoms with Gasteiger partial charge in [-0.3, -0.25) is 15.1 Å². The number of carbonyl (C=O) groups excluding carboxylic acids is 1. The van der Waals surface area contributed by atoms with Gasteiger partial charge in [0.1, 0.15) is 11.4 Å². The average Bonchev–Trinajstić information content (AvgIpc) is 2.89. The molecule has 0 spiro atoms. The summed E-state index contributed by atoms with van der Waals surface area (Å²) in [5.41, 5.74) is 4.49. The van der Waals surface area contributed by atoms with E-state index < -0.39 is 17.6 Å². The van der Waals surface area contributed by atoms with Gasteiger partial charge in [0.15, 0.2) is 5.96 Å². The number of nitrogens with one attached hydrogen (secondary N) is 2. The van der Waals surface area contributed by atoms with Crippen molar-refractivity contribution in [2.45, 2.75) is 6.18 Å². The van der Waals surface area contributed by atoms with E-state index in [1.54, 1.807) is 0 Å². The minimum atomic E-state index is -4.55.